The summed E-state index contributed by atoms with van der Waals surface area (Å²) in [6, 6.07) is 0. The van der Waals surface area contributed by atoms with E-state index in [0.29, 0.717) is 30.3 Å². The van der Waals surface area contributed by atoms with Crippen LogP contribution in [0.3, 0.4) is 0 Å². The standard InChI is InChI=1S/C11H14N6OS2/c1-12-8-14-9(17-3-5-18-6-4-17)16-10(15-8)20-11-13-2-7-19-11/h2,7H,3-6H2,1H3,(H,12,14,15,16). The molecule has 1 fully saturated rings. The third kappa shape index (κ3) is 3.17. The second-order valence-electron chi connectivity index (χ2n) is 3.99. The van der Waals surface area contributed by atoms with Crippen molar-refractivity contribution < 1.29 is 4.74 Å². The van der Waals surface area contributed by atoms with Crippen LogP contribution in [0.4, 0.5) is 11.9 Å². The van der Waals surface area contributed by atoms with E-state index < -0.39 is 0 Å². The Morgan fingerprint density at radius 3 is 2.85 bits per heavy atom. The molecule has 0 bridgehead atoms. The lowest BCUT2D eigenvalue weighted by Crippen LogP contribution is -2.37. The van der Waals surface area contributed by atoms with Crippen LogP contribution in [0.2, 0.25) is 0 Å². The van der Waals surface area contributed by atoms with Crippen molar-refractivity contribution in [2.24, 2.45) is 0 Å². The summed E-state index contributed by atoms with van der Waals surface area (Å²) < 4.78 is 6.27. The van der Waals surface area contributed by atoms with Gasteiger partial charge in [0.25, 0.3) is 0 Å². The average Bonchev–Trinajstić information content (AvgIpc) is 3.00. The fourth-order valence-electron chi connectivity index (χ4n) is 1.75. The predicted octanol–water partition coefficient (Wildman–Crippen LogP) is 1.36. The summed E-state index contributed by atoms with van der Waals surface area (Å²) in [6.45, 7) is 3.01. The monoisotopic (exact) mass is 310 g/mol. The minimum Gasteiger partial charge on any atom is -0.378 e. The molecule has 0 amide bonds. The van der Waals surface area contributed by atoms with Crippen molar-refractivity contribution >= 4 is 35.0 Å². The number of rotatable bonds is 4. The SMILES string of the molecule is CNc1nc(Sc2nccs2)nc(N2CCOCC2)n1. The van der Waals surface area contributed by atoms with Crippen LogP contribution in [0.5, 0.6) is 0 Å². The van der Waals surface area contributed by atoms with Crippen molar-refractivity contribution in [3.63, 3.8) is 0 Å². The van der Waals surface area contributed by atoms with Gasteiger partial charge in [-0.25, -0.2) is 4.98 Å². The number of hydrogen-bond donors (Lipinski definition) is 1. The molecule has 0 radical (unpaired) electrons. The number of ether oxygens (including phenoxy) is 1. The maximum atomic E-state index is 5.35. The first-order chi connectivity index (χ1) is 9.85. The molecule has 0 aromatic carbocycles. The Bertz CT molecular complexity index is 558. The van der Waals surface area contributed by atoms with Crippen LogP contribution in [0.1, 0.15) is 0 Å². The molecule has 7 nitrogen and oxygen atoms in total. The van der Waals surface area contributed by atoms with Crippen LogP contribution < -0.4 is 10.2 Å². The van der Waals surface area contributed by atoms with Gasteiger partial charge < -0.3 is 15.0 Å². The van der Waals surface area contributed by atoms with E-state index in [1.807, 2.05) is 5.38 Å². The highest BCUT2D eigenvalue weighted by Crippen LogP contribution is 2.28. The molecule has 1 aliphatic rings. The molecule has 0 unspecified atom stereocenters. The van der Waals surface area contributed by atoms with E-state index >= 15 is 0 Å². The van der Waals surface area contributed by atoms with E-state index in [1.165, 1.54) is 11.8 Å². The molecule has 20 heavy (non-hydrogen) atoms. The van der Waals surface area contributed by atoms with E-state index in [4.69, 9.17) is 4.74 Å². The maximum absolute atomic E-state index is 5.35. The number of thiazole rings is 1. The zero-order valence-corrected chi connectivity index (χ0v) is 12.6. The summed E-state index contributed by atoms with van der Waals surface area (Å²) in [5.41, 5.74) is 0. The molecule has 3 heterocycles. The van der Waals surface area contributed by atoms with E-state index in [1.54, 1.807) is 24.6 Å². The molecular weight excluding hydrogens is 296 g/mol. The lowest BCUT2D eigenvalue weighted by Gasteiger charge is -2.26. The van der Waals surface area contributed by atoms with Gasteiger partial charge >= 0.3 is 0 Å². The molecule has 2 aromatic rings. The smallest absolute Gasteiger partial charge is 0.231 e. The Kier molecular flexibility index (Phi) is 4.28. The molecule has 2 aromatic heterocycles. The summed E-state index contributed by atoms with van der Waals surface area (Å²) in [6.07, 6.45) is 1.77. The van der Waals surface area contributed by atoms with E-state index in [2.05, 4.69) is 30.2 Å². The van der Waals surface area contributed by atoms with Crippen LogP contribution in [-0.2, 0) is 4.74 Å². The molecule has 106 valence electrons. The van der Waals surface area contributed by atoms with Gasteiger partial charge in [0.2, 0.25) is 17.1 Å². The lowest BCUT2D eigenvalue weighted by atomic mass is 10.4. The summed E-state index contributed by atoms with van der Waals surface area (Å²) in [5, 5.41) is 5.57. The molecule has 0 spiro atoms. The first kappa shape index (κ1) is 13.5. The van der Waals surface area contributed by atoms with Gasteiger partial charge in [0.1, 0.15) is 0 Å². The molecule has 9 heteroatoms. The minimum absolute atomic E-state index is 0.570. The van der Waals surface area contributed by atoms with E-state index in [0.717, 1.165) is 17.4 Å². The summed E-state index contributed by atoms with van der Waals surface area (Å²) in [4.78, 5) is 19.6. The average molecular weight is 310 g/mol. The Morgan fingerprint density at radius 1 is 1.30 bits per heavy atom. The number of nitrogens with one attached hydrogen (secondary N) is 1. The van der Waals surface area contributed by atoms with Gasteiger partial charge in [-0.15, -0.1) is 11.3 Å². The van der Waals surface area contributed by atoms with Gasteiger partial charge in [-0.1, -0.05) is 0 Å². The summed E-state index contributed by atoms with van der Waals surface area (Å²) in [7, 11) is 1.80. The quantitative estimate of drug-likeness (QED) is 0.907. The normalized spacial score (nSPS) is 15.3. The van der Waals surface area contributed by atoms with Gasteiger partial charge in [0.05, 0.1) is 13.2 Å². The van der Waals surface area contributed by atoms with Gasteiger partial charge in [0, 0.05) is 31.7 Å². The topological polar surface area (TPSA) is 76.1 Å². The number of hydrogen-bond acceptors (Lipinski definition) is 9. The van der Waals surface area contributed by atoms with Gasteiger partial charge in [0.15, 0.2) is 4.34 Å². The summed E-state index contributed by atoms with van der Waals surface area (Å²) in [5.74, 6) is 1.26. The molecule has 1 N–H and O–H groups in total. The second kappa shape index (κ2) is 6.33. The Labute approximate surface area is 124 Å². The van der Waals surface area contributed by atoms with Crippen molar-refractivity contribution in [3.8, 4) is 0 Å². The largest absolute Gasteiger partial charge is 0.378 e. The highest BCUT2D eigenvalue weighted by Gasteiger charge is 2.17. The Balaban J connectivity index is 1.85. The van der Waals surface area contributed by atoms with Crippen molar-refractivity contribution in [1.82, 2.24) is 19.9 Å². The molecule has 0 saturated carbocycles. The number of morpholine rings is 1. The lowest BCUT2D eigenvalue weighted by molar-refractivity contribution is 0.122. The van der Waals surface area contributed by atoms with Crippen LogP contribution in [0.15, 0.2) is 21.1 Å². The summed E-state index contributed by atoms with van der Waals surface area (Å²) >= 11 is 3.02. The van der Waals surface area contributed by atoms with Gasteiger partial charge in [-0.2, -0.15) is 15.0 Å². The predicted molar refractivity (Wildman–Crippen MR) is 78.6 cm³/mol. The third-order valence-electron chi connectivity index (χ3n) is 2.71. The van der Waals surface area contributed by atoms with Crippen molar-refractivity contribution in [2.75, 3.05) is 43.6 Å². The number of nitrogens with zero attached hydrogens (tertiary/aromatic N) is 5. The fraction of sp³-hybridized carbons (Fsp3) is 0.455. The Morgan fingerprint density at radius 2 is 2.15 bits per heavy atom. The molecule has 0 atom stereocenters. The molecule has 0 aliphatic carbocycles. The number of aromatic nitrogens is 4. The zero-order chi connectivity index (χ0) is 13.8. The van der Waals surface area contributed by atoms with E-state index in [9.17, 15) is 0 Å². The van der Waals surface area contributed by atoms with Crippen molar-refractivity contribution in [1.29, 1.82) is 0 Å². The number of anilines is 2. The minimum atomic E-state index is 0.570. The third-order valence-corrected chi connectivity index (χ3v) is 4.46. The van der Waals surface area contributed by atoms with E-state index in [-0.39, 0.29) is 0 Å². The van der Waals surface area contributed by atoms with Gasteiger partial charge in [-0.05, 0) is 11.8 Å². The van der Waals surface area contributed by atoms with Crippen LogP contribution in [0.25, 0.3) is 0 Å². The second-order valence-corrected chi connectivity index (χ2v) is 6.10. The van der Waals surface area contributed by atoms with Crippen LogP contribution >= 0.6 is 23.1 Å². The first-order valence-corrected chi connectivity index (χ1v) is 7.88. The molecule has 3 rings (SSSR count). The van der Waals surface area contributed by atoms with Gasteiger partial charge in [-0.3, -0.25) is 0 Å². The van der Waals surface area contributed by atoms with Crippen LogP contribution in [0, 0.1) is 0 Å². The maximum Gasteiger partial charge on any atom is 0.231 e. The molecule has 1 aliphatic heterocycles. The fourth-order valence-corrected chi connectivity index (χ4v) is 3.22. The Hall–Kier alpha value is -1.45. The van der Waals surface area contributed by atoms with Crippen LogP contribution in [-0.4, -0.2) is 53.3 Å². The highest BCUT2D eigenvalue weighted by molar-refractivity contribution is 8.00. The zero-order valence-electron chi connectivity index (χ0n) is 10.9. The van der Waals surface area contributed by atoms with Crippen molar-refractivity contribution in [2.45, 2.75) is 9.50 Å². The molecule has 1 saturated heterocycles. The molecular formula is C11H14N6OS2. The van der Waals surface area contributed by atoms with Crippen molar-refractivity contribution in [3.05, 3.63) is 11.6 Å². The first-order valence-electron chi connectivity index (χ1n) is 6.19. The highest BCUT2D eigenvalue weighted by atomic mass is 32.2.